The van der Waals surface area contributed by atoms with Crippen LogP contribution in [-0.2, 0) is 22.4 Å². The van der Waals surface area contributed by atoms with Gasteiger partial charge in [-0.05, 0) is 49.3 Å². The molecule has 1 aliphatic carbocycles. The van der Waals surface area contributed by atoms with Gasteiger partial charge in [0.1, 0.15) is 5.00 Å². The average molecular weight is 716 g/mol. The Hall–Kier alpha value is -2.19. The number of fused-ring (bicyclic) bond motifs is 1. The molecule has 1 aromatic heterocycles. The van der Waals surface area contributed by atoms with Gasteiger partial charge in [0.05, 0.1) is 12.2 Å². The number of nitrogens with one attached hydrogen (secondary N) is 1. The molecule has 1 N–H and O–H groups in total. The fourth-order valence-electron chi connectivity index (χ4n) is 3.80. The molecular weight excluding hydrogens is 698 g/mol. The SMILES string of the molecule is CCCOC(=O)c1c(NC(=O)C(F)(F)C(F)(F)C(F)(F)C(F)(F)C(F)(F)C(F)(F)C(F)(F)C(F)(F)Cl)sc2c1CCCCC2. The molecule has 1 amide bonds. The van der Waals surface area contributed by atoms with Crippen molar-refractivity contribution in [2.24, 2.45) is 0 Å². The van der Waals surface area contributed by atoms with Crippen molar-refractivity contribution in [2.75, 3.05) is 11.9 Å². The van der Waals surface area contributed by atoms with Gasteiger partial charge in [-0.25, -0.2) is 4.79 Å². The van der Waals surface area contributed by atoms with Gasteiger partial charge in [0.25, 0.3) is 0 Å². The van der Waals surface area contributed by atoms with Crippen LogP contribution in [0.3, 0.4) is 0 Å². The number of rotatable bonds is 12. The van der Waals surface area contributed by atoms with E-state index in [9.17, 15) is 79.8 Å². The standard InChI is InChI=1S/C22H18ClF16NO3S/c1-2-8-43-13(41)11-9-6-4-3-5-7-10(9)44-12(11)40-14(42)15(24,25)16(26,27)17(28,29)18(30,31)19(32,33)20(34,35)21(36,37)22(23,38)39/h2-8H2,1H3,(H,40,42). The first-order valence-corrected chi connectivity index (χ1v) is 13.1. The van der Waals surface area contributed by atoms with E-state index >= 15 is 0 Å². The maximum atomic E-state index is 14.5. The van der Waals surface area contributed by atoms with Gasteiger partial charge in [0.2, 0.25) is 0 Å². The van der Waals surface area contributed by atoms with Gasteiger partial charge in [-0.2, -0.15) is 70.2 Å². The lowest BCUT2D eigenvalue weighted by molar-refractivity contribution is -0.445. The number of hydrogen-bond acceptors (Lipinski definition) is 4. The number of aryl methyl sites for hydroxylation is 1. The smallest absolute Gasteiger partial charge is 0.393 e. The quantitative estimate of drug-likeness (QED) is 0.102. The summed E-state index contributed by atoms with van der Waals surface area (Å²) in [6.07, 6.45) is 1.71. The van der Waals surface area contributed by atoms with Crippen molar-refractivity contribution >= 4 is 39.8 Å². The Morgan fingerprint density at radius 1 is 0.727 bits per heavy atom. The van der Waals surface area contributed by atoms with Gasteiger partial charge in [-0.1, -0.05) is 13.3 Å². The summed E-state index contributed by atoms with van der Waals surface area (Å²) in [5.74, 6) is -62.5. The first kappa shape index (κ1) is 38.0. The Morgan fingerprint density at radius 2 is 1.18 bits per heavy atom. The third-order valence-electron chi connectivity index (χ3n) is 6.30. The fourth-order valence-corrected chi connectivity index (χ4v) is 5.19. The molecule has 1 heterocycles. The van der Waals surface area contributed by atoms with Gasteiger partial charge in [0.15, 0.2) is 0 Å². The van der Waals surface area contributed by atoms with Crippen LogP contribution in [0.15, 0.2) is 0 Å². The predicted octanol–water partition coefficient (Wildman–Crippen LogP) is 8.80. The molecule has 0 atom stereocenters. The van der Waals surface area contributed by atoms with E-state index in [-0.39, 0.29) is 47.6 Å². The number of ether oxygens (including phenoxy) is 1. The van der Waals surface area contributed by atoms with Gasteiger partial charge < -0.3 is 10.1 Å². The fraction of sp³-hybridized carbons (Fsp3) is 0.727. The molecule has 1 aliphatic rings. The lowest BCUT2D eigenvalue weighted by atomic mass is 9.89. The summed E-state index contributed by atoms with van der Waals surface area (Å²) < 4.78 is 225. The zero-order valence-corrected chi connectivity index (χ0v) is 23.1. The van der Waals surface area contributed by atoms with Crippen LogP contribution in [0.1, 0.15) is 53.4 Å². The van der Waals surface area contributed by atoms with Crippen LogP contribution in [0.2, 0.25) is 0 Å². The van der Waals surface area contributed by atoms with Crippen LogP contribution in [0.4, 0.5) is 75.2 Å². The Bertz CT molecular complexity index is 1240. The Balaban J connectivity index is 2.58. The van der Waals surface area contributed by atoms with E-state index in [1.54, 1.807) is 0 Å². The largest absolute Gasteiger partial charge is 0.462 e. The first-order chi connectivity index (χ1) is 19.6. The third-order valence-corrected chi connectivity index (χ3v) is 7.74. The van der Waals surface area contributed by atoms with Crippen molar-refractivity contribution in [1.29, 1.82) is 0 Å². The van der Waals surface area contributed by atoms with Crippen molar-refractivity contribution in [1.82, 2.24) is 0 Å². The number of thiophene rings is 1. The number of carbonyl (C=O) groups excluding carboxylic acids is 2. The maximum Gasteiger partial charge on any atom is 0.393 e. The molecule has 0 spiro atoms. The van der Waals surface area contributed by atoms with Crippen molar-refractivity contribution < 1.29 is 84.6 Å². The summed E-state index contributed by atoms with van der Waals surface area (Å²) in [4.78, 5) is 24.9. The Kier molecular flexibility index (Phi) is 10.3. The van der Waals surface area contributed by atoms with E-state index < -0.39 is 69.3 Å². The number of hydrogen-bond donors (Lipinski definition) is 1. The van der Waals surface area contributed by atoms with Crippen LogP contribution in [-0.4, -0.2) is 65.3 Å². The topological polar surface area (TPSA) is 55.4 Å². The van der Waals surface area contributed by atoms with Crippen LogP contribution in [0, 0.1) is 0 Å². The highest BCUT2D eigenvalue weighted by Crippen LogP contribution is 2.64. The number of carbonyl (C=O) groups is 2. The molecule has 0 unspecified atom stereocenters. The number of halogens is 17. The maximum absolute atomic E-state index is 14.5. The van der Waals surface area contributed by atoms with Crippen LogP contribution in [0.5, 0.6) is 0 Å². The molecule has 2 rings (SSSR count). The normalized spacial score (nSPS) is 16.3. The number of esters is 1. The second-order valence-corrected chi connectivity index (χ2v) is 11.0. The van der Waals surface area contributed by atoms with Crippen molar-refractivity contribution in [3.63, 3.8) is 0 Å². The second-order valence-electron chi connectivity index (χ2n) is 9.38. The number of alkyl halides is 17. The third kappa shape index (κ3) is 5.67. The monoisotopic (exact) mass is 715 g/mol. The average Bonchev–Trinajstić information content (AvgIpc) is 3.05. The van der Waals surface area contributed by atoms with Crippen molar-refractivity contribution in [3.05, 3.63) is 16.0 Å². The van der Waals surface area contributed by atoms with Gasteiger partial charge in [-0.3, -0.25) is 4.79 Å². The molecular formula is C22H18ClF16NO3S. The van der Waals surface area contributed by atoms with Crippen LogP contribution >= 0.6 is 22.9 Å². The molecule has 0 bridgehead atoms. The van der Waals surface area contributed by atoms with Gasteiger partial charge in [-0.15, -0.1) is 11.3 Å². The minimum atomic E-state index is -8.70. The lowest BCUT2D eigenvalue weighted by Gasteiger charge is -2.42. The number of anilines is 1. The van der Waals surface area contributed by atoms with Gasteiger partial charge >= 0.3 is 58.7 Å². The highest BCUT2D eigenvalue weighted by Gasteiger charge is 2.95. The minimum Gasteiger partial charge on any atom is -0.462 e. The number of amides is 1. The Morgan fingerprint density at radius 3 is 1.66 bits per heavy atom. The van der Waals surface area contributed by atoms with Crippen molar-refractivity contribution in [2.45, 2.75) is 92.3 Å². The molecule has 0 fully saturated rings. The molecule has 0 aliphatic heterocycles. The molecule has 0 saturated heterocycles. The molecule has 254 valence electrons. The molecule has 22 heteroatoms. The first-order valence-electron chi connectivity index (χ1n) is 11.9. The van der Waals surface area contributed by atoms with E-state index in [4.69, 9.17) is 4.74 Å². The van der Waals surface area contributed by atoms with Crippen molar-refractivity contribution in [3.8, 4) is 0 Å². The molecule has 4 nitrogen and oxygen atoms in total. The highest BCUT2D eigenvalue weighted by atomic mass is 35.5. The summed E-state index contributed by atoms with van der Waals surface area (Å²) >= 11 is 3.77. The zero-order valence-electron chi connectivity index (χ0n) is 21.5. The summed E-state index contributed by atoms with van der Waals surface area (Å²) in [6.45, 7) is 1.20. The second kappa shape index (κ2) is 11.9. The zero-order chi connectivity index (χ0) is 34.5. The molecule has 0 radical (unpaired) electrons. The van der Waals surface area contributed by atoms with Crippen LogP contribution in [0.25, 0.3) is 0 Å². The summed E-state index contributed by atoms with van der Waals surface area (Å²) in [5, 5.41) is -7.02. The highest BCUT2D eigenvalue weighted by molar-refractivity contribution is 7.17. The summed E-state index contributed by atoms with van der Waals surface area (Å²) in [7, 11) is 0. The molecule has 0 aromatic carbocycles. The predicted molar refractivity (Wildman–Crippen MR) is 120 cm³/mol. The van der Waals surface area contributed by atoms with E-state index in [2.05, 4.69) is 11.6 Å². The van der Waals surface area contributed by atoms with Gasteiger partial charge in [0, 0.05) is 4.88 Å². The lowest BCUT2D eigenvalue weighted by Crippen LogP contribution is -2.75. The summed E-state index contributed by atoms with van der Waals surface area (Å²) in [6, 6.07) is 0. The van der Waals surface area contributed by atoms with E-state index in [0.717, 1.165) is 5.32 Å². The van der Waals surface area contributed by atoms with E-state index in [0.29, 0.717) is 19.3 Å². The molecule has 0 saturated carbocycles. The van der Waals surface area contributed by atoms with E-state index in [1.165, 1.54) is 6.92 Å². The molecule has 1 aromatic rings. The Labute approximate surface area is 245 Å². The van der Waals surface area contributed by atoms with E-state index in [1.807, 2.05) is 0 Å². The minimum absolute atomic E-state index is 0.0321. The summed E-state index contributed by atoms with van der Waals surface area (Å²) in [5.41, 5.74) is -0.643. The van der Waals surface area contributed by atoms with Crippen LogP contribution < -0.4 is 5.32 Å². The molecule has 44 heavy (non-hydrogen) atoms.